The summed E-state index contributed by atoms with van der Waals surface area (Å²) in [4.78, 5) is 29.1. The van der Waals surface area contributed by atoms with Crippen molar-refractivity contribution in [1.29, 1.82) is 0 Å². The first-order valence-electron chi connectivity index (χ1n) is 15.9. The molecule has 0 unspecified atom stereocenters. The van der Waals surface area contributed by atoms with Gasteiger partial charge in [0.1, 0.15) is 11.6 Å². The van der Waals surface area contributed by atoms with E-state index in [1.807, 2.05) is 28.9 Å². The average Bonchev–Trinajstić information content (AvgIpc) is 3.16. The van der Waals surface area contributed by atoms with E-state index < -0.39 is 0 Å². The van der Waals surface area contributed by atoms with E-state index in [1.54, 1.807) is 0 Å². The molecule has 1 saturated heterocycles. The molecule has 4 bridgehead atoms. The molecule has 1 aliphatic heterocycles. The highest BCUT2D eigenvalue weighted by atomic mass is 16.2. The van der Waals surface area contributed by atoms with Crippen LogP contribution in [-0.2, 0) is 11.2 Å². The van der Waals surface area contributed by atoms with Crippen LogP contribution in [0.25, 0.3) is 16.7 Å². The monoisotopic (exact) mass is 560 g/mol. The van der Waals surface area contributed by atoms with E-state index in [-0.39, 0.29) is 5.41 Å². The van der Waals surface area contributed by atoms with E-state index >= 15 is 0 Å². The van der Waals surface area contributed by atoms with Crippen molar-refractivity contribution < 1.29 is 4.79 Å². The number of para-hydroxylation sites is 1. The molecule has 2 aromatic carbocycles. The molecule has 9 rings (SSSR count). The summed E-state index contributed by atoms with van der Waals surface area (Å²) in [5, 5.41) is 5.97. The van der Waals surface area contributed by atoms with Crippen LogP contribution in [0.4, 0.5) is 5.82 Å². The SMILES string of the molecule is Cc1nn(-c2ccccc2)c2nc(Cc3ccccc3)nc(N3CCCN(C(=O)C45CC6CC(CC(C6)C4)C5)CC3)c12. The van der Waals surface area contributed by atoms with E-state index in [1.165, 1.54) is 24.8 Å². The Morgan fingerprint density at radius 3 is 2.19 bits per heavy atom. The van der Waals surface area contributed by atoms with Gasteiger partial charge in [0.05, 0.1) is 22.2 Å². The molecule has 4 aliphatic carbocycles. The Bertz CT molecular complexity index is 1580. The molecule has 1 amide bonds. The lowest BCUT2D eigenvalue weighted by Gasteiger charge is -2.56. The third-order valence-corrected chi connectivity index (χ3v) is 10.5. The van der Waals surface area contributed by atoms with Crippen LogP contribution < -0.4 is 4.90 Å². The first-order valence-corrected chi connectivity index (χ1v) is 15.9. The van der Waals surface area contributed by atoms with E-state index in [2.05, 4.69) is 53.1 Å². The minimum absolute atomic E-state index is 0.0810. The van der Waals surface area contributed by atoms with E-state index in [4.69, 9.17) is 15.1 Å². The second-order valence-corrected chi connectivity index (χ2v) is 13.5. The van der Waals surface area contributed by atoms with Gasteiger partial charge in [-0.2, -0.15) is 5.10 Å². The van der Waals surface area contributed by atoms with Crippen molar-refractivity contribution in [2.75, 3.05) is 31.1 Å². The molecule has 7 nitrogen and oxygen atoms in total. The number of carbonyl (C=O) groups is 1. The topological polar surface area (TPSA) is 67.2 Å². The van der Waals surface area contributed by atoms with Crippen LogP contribution in [0.1, 0.15) is 62.0 Å². The number of fused-ring (bicyclic) bond motifs is 1. The van der Waals surface area contributed by atoms with E-state index in [9.17, 15) is 4.79 Å². The fourth-order valence-electron chi connectivity index (χ4n) is 9.08. The van der Waals surface area contributed by atoms with E-state index in [0.29, 0.717) is 12.3 Å². The van der Waals surface area contributed by atoms with Crippen LogP contribution in [0.3, 0.4) is 0 Å². The highest BCUT2D eigenvalue weighted by Crippen LogP contribution is 2.60. The summed E-state index contributed by atoms with van der Waals surface area (Å²) in [6.45, 7) is 5.31. The lowest BCUT2D eigenvalue weighted by Crippen LogP contribution is -2.55. The molecular formula is C35H40N6O. The number of nitrogens with zero attached hydrogens (tertiary/aromatic N) is 6. The third kappa shape index (κ3) is 4.48. The van der Waals surface area contributed by atoms with Crippen LogP contribution in [-0.4, -0.2) is 56.7 Å². The molecule has 2 aromatic heterocycles. The minimum atomic E-state index is -0.0810. The number of aromatic nitrogens is 4. The van der Waals surface area contributed by atoms with Crippen molar-refractivity contribution in [3.8, 4) is 5.69 Å². The zero-order chi connectivity index (χ0) is 28.3. The predicted molar refractivity (Wildman–Crippen MR) is 165 cm³/mol. The normalized spacial score (nSPS) is 27.0. The number of hydrogen-bond acceptors (Lipinski definition) is 5. The highest BCUT2D eigenvalue weighted by molar-refractivity contribution is 5.91. The highest BCUT2D eigenvalue weighted by Gasteiger charge is 2.55. The first-order chi connectivity index (χ1) is 20.5. The number of rotatable bonds is 5. The molecule has 42 heavy (non-hydrogen) atoms. The Balaban J connectivity index is 1.12. The van der Waals surface area contributed by atoms with Crippen molar-refractivity contribution in [2.45, 2.75) is 58.3 Å². The lowest BCUT2D eigenvalue weighted by atomic mass is 9.49. The summed E-state index contributed by atoms with van der Waals surface area (Å²) in [6.07, 6.45) is 9.10. The van der Waals surface area contributed by atoms with Gasteiger partial charge in [0.25, 0.3) is 0 Å². The number of carbonyl (C=O) groups excluding carboxylic acids is 1. The van der Waals surface area contributed by atoms with Crippen molar-refractivity contribution >= 4 is 22.8 Å². The maximum Gasteiger partial charge on any atom is 0.228 e. The molecule has 5 aliphatic rings. The summed E-state index contributed by atoms with van der Waals surface area (Å²) in [5.74, 6) is 4.55. The van der Waals surface area contributed by atoms with Crippen LogP contribution >= 0.6 is 0 Å². The van der Waals surface area contributed by atoms with Crippen molar-refractivity contribution in [1.82, 2.24) is 24.6 Å². The number of anilines is 1. The van der Waals surface area contributed by atoms with Gasteiger partial charge in [-0.15, -0.1) is 0 Å². The molecule has 3 heterocycles. The van der Waals surface area contributed by atoms with Gasteiger partial charge in [-0.1, -0.05) is 48.5 Å². The van der Waals surface area contributed by atoms with Gasteiger partial charge >= 0.3 is 0 Å². The second-order valence-electron chi connectivity index (χ2n) is 13.5. The summed E-state index contributed by atoms with van der Waals surface area (Å²) >= 11 is 0. The van der Waals surface area contributed by atoms with Crippen LogP contribution in [0, 0.1) is 30.1 Å². The van der Waals surface area contributed by atoms with Gasteiger partial charge < -0.3 is 9.80 Å². The van der Waals surface area contributed by atoms with Crippen molar-refractivity contribution in [3.05, 3.63) is 77.7 Å². The Kier molecular flexibility index (Phi) is 6.31. The number of amides is 1. The second kappa shape index (κ2) is 10.2. The lowest BCUT2D eigenvalue weighted by molar-refractivity contribution is -0.157. The molecule has 7 heteroatoms. The first kappa shape index (κ1) is 25.9. The van der Waals surface area contributed by atoms with Gasteiger partial charge in [0, 0.05) is 32.6 Å². The Labute approximate surface area is 248 Å². The molecule has 4 saturated carbocycles. The molecule has 4 aromatic rings. The average molecular weight is 561 g/mol. The summed E-state index contributed by atoms with van der Waals surface area (Å²) in [6, 6.07) is 20.7. The molecule has 5 fully saturated rings. The van der Waals surface area contributed by atoms with E-state index in [0.717, 1.165) is 104 Å². The summed E-state index contributed by atoms with van der Waals surface area (Å²) in [7, 11) is 0. The molecule has 0 radical (unpaired) electrons. The smallest absolute Gasteiger partial charge is 0.228 e. The fourth-order valence-corrected chi connectivity index (χ4v) is 9.08. The summed E-state index contributed by atoms with van der Waals surface area (Å²) in [5.41, 5.74) is 3.88. The maximum absolute atomic E-state index is 14.2. The van der Waals surface area contributed by atoms with Gasteiger partial charge in [0.15, 0.2) is 5.65 Å². The van der Waals surface area contributed by atoms with Gasteiger partial charge in [-0.05, 0) is 87.3 Å². The van der Waals surface area contributed by atoms with Crippen LogP contribution in [0.2, 0.25) is 0 Å². The molecule has 216 valence electrons. The van der Waals surface area contributed by atoms with Gasteiger partial charge in [-0.3, -0.25) is 4.79 Å². The van der Waals surface area contributed by atoms with Crippen LogP contribution in [0.5, 0.6) is 0 Å². The molecule has 0 spiro atoms. The Morgan fingerprint density at radius 1 is 0.833 bits per heavy atom. The van der Waals surface area contributed by atoms with Crippen molar-refractivity contribution in [3.63, 3.8) is 0 Å². The molecule has 0 N–H and O–H groups in total. The number of aryl methyl sites for hydroxylation is 1. The largest absolute Gasteiger partial charge is 0.354 e. The molecular weight excluding hydrogens is 520 g/mol. The number of benzene rings is 2. The maximum atomic E-state index is 14.2. The summed E-state index contributed by atoms with van der Waals surface area (Å²) < 4.78 is 1.96. The zero-order valence-electron chi connectivity index (χ0n) is 24.6. The molecule has 0 atom stereocenters. The van der Waals surface area contributed by atoms with Crippen LogP contribution in [0.15, 0.2) is 60.7 Å². The van der Waals surface area contributed by atoms with Gasteiger partial charge in [-0.25, -0.2) is 14.6 Å². The Morgan fingerprint density at radius 2 is 1.50 bits per heavy atom. The predicted octanol–water partition coefficient (Wildman–Crippen LogP) is 5.97. The third-order valence-electron chi connectivity index (χ3n) is 10.5. The zero-order valence-corrected chi connectivity index (χ0v) is 24.6. The van der Waals surface area contributed by atoms with Crippen molar-refractivity contribution in [2.24, 2.45) is 23.2 Å². The minimum Gasteiger partial charge on any atom is -0.354 e. The van der Waals surface area contributed by atoms with Gasteiger partial charge in [0.2, 0.25) is 5.91 Å². The number of hydrogen-bond donors (Lipinski definition) is 0. The fraction of sp³-hybridized carbons (Fsp3) is 0.486. The quantitative estimate of drug-likeness (QED) is 0.301. The Hall–Kier alpha value is -3.74. The standard InChI is InChI=1S/C35H40N6O/c1-24-31-32(36-30(20-25-9-4-2-5-10-25)37-33(31)41(38-24)29-11-6-3-7-12-29)39-13-8-14-40(16-15-39)34(42)35-21-26-17-27(22-35)19-28(18-26)23-35/h2-7,9-12,26-28H,8,13-23H2,1H3.